The fraction of sp³-hybridized carbons (Fsp3) is 0.471. The number of hydrogen-bond donors (Lipinski definition) is 3. The van der Waals surface area contributed by atoms with E-state index in [9.17, 15) is 14.4 Å². The van der Waals surface area contributed by atoms with Crippen molar-refractivity contribution in [3.05, 3.63) is 24.3 Å². The SMILES string of the molecule is CNC(=O)[C@H]1CN(CC(=O)NC(=O)NCC(C)C)c2ccccc2O1. The van der Waals surface area contributed by atoms with E-state index in [0.717, 1.165) is 0 Å². The van der Waals surface area contributed by atoms with E-state index in [2.05, 4.69) is 16.0 Å². The Morgan fingerprint density at radius 1 is 1.28 bits per heavy atom. The largest absolute Gasteiger partial charge is 0.477 e. The molecule has 0 saturated carbocycles. The number of fused-ring (bicyclic) bond motifs is 1. The average Bonchev–Trinajstić information content (AvgIpc) is 2.59. The number of amides is 4. The van der Waals surface area contributed by atoms with Crippen molar-refractivity contribution in [2.75, 3.05) is 31.6 Å². The molecule has 0 radical (unpaired) electrons. The van der Waals surface area contributed by atoms with E-state index in [0.29, 0.717) is 23.9 Å². The molecule has 4 amide bonds. The van der Waals surface area contributed by atoms with Crippen LogP contribution in [0.15, 0.2) is 24.3 Å². The van der Waals surface area contributed by atoms with E-state index < -0.39 is 18.0 Å². The normalized spacial score (nSPS) is 15.8. The molecule has 0 aliphatic carbocycles. The van der Waals surface area contributed by atoms with Crippen LogP contribution in [0.25, 0.3) is 0 Å². The predicted molar refractivity (Wildman–Crippen MR) is 93.5 cm³/mol. The molecule has 1 aromatic carbocycles. The van der Waals surface area contributed by atoms with Crippen molar-refractivity contribution < 1.29 is 19.1 Å². The molecule has 0 saturated heterocycles. The Labute approximate surface area is 146 Å². The number of carbonyl (C=O) groups excluding carboxylic acids is 3. The van der Waals surface area contributed by atoms with Crippen LogP contribution < -0.4 is 25.6 Å². The van der Waals surface area contributed by atoms with Crippen LogP contribution >= 0.6 is 0 Å². The first-order valence-electron chi connectivity index (χ1n) is 8.20. The second-order valence-corrected chi connectivity index (χ2v) is 6.22. The molecule has 1 aromatic rings. The summed E-state index contributed by atoms with van der Waals surface area (Å²) in [7, 11) is 1.53. The molecule has 1 atom stereocenters. The Bertz CT molecular complexity index is 647. The number of nitrogens with one attached hydrogen (secondary N) is 3. The number of anilines is 1. The van der Waals surface area contributed by atoms with Gasteiger partial charge in [-0.05, 0) is 18.1 Å². The lowest BCUT2D eigenvalue weighted by Crippen LogP contribution is -2.52. The number of likely N-dealkylation sites (N-methyl/N-ethyl adjacent to an activating group) is 1. The molecule has 0 spiro atoms. The van der Waals surface area contributed by atoms with Crippen LogP contribution in [0.4, 0.5) is 10.5 Å². The Kier molecular flexibility index (Phi) is 6.21. The fourth-order valence-corrected chi connectivity index (χ4v) is 2.43. The summed E-state index contributed by atoms with van der Waals surface area (Å²) in [6.07, 6.45) is -0.720. The molecule has 1 aliphatic rings. The number of nitrogens with zero attached hydrogens (tertiary/aromatic N) is 1. The van der Waals surface area contributed by atoms with Crippen molar-refractivity contribution in [1.29, 1.82) is 0 Å². The Hall–Kier alpha value is -2.77. The third kappa shape index (κ3) is 5.10. The number of benzene rings is 1. The van der Waals surface area contributed by atoms with Crippen LogP contribution in [0.3, 0.4) is 0 Å². The zero-order valence-electron chi connectivity index (χ0n) is 14.7. The van der Waals surface area contributed by atoms with Gasteiger partial charge in [0.15, 0.2) is 6.10 Å². The Morgan fingerprint density at radius 2 is 2.00 bits per heavy atom. The minimum absolute atomic E-state index is 0.0526. The van der Waals surface area contributed by atoms with Gasteiger partial charge in [0.1, 0.15) is 5.75 Å². The maximum absolute atomic E-state index is 12.2. The van der Waals surface area contributed by atoms with Crippen molar-refractivity contribution in [2.45, 2.75) is 20.0 Å². The van der Waals surface area contributed by atoms with Gasteiger partial charge >= 0.3 is 6.03 Å². The molecule has 0 fully saturated rings. The van der Waals surface area contributed by atoms with Crippen molar-refractivity contribution in [3.8, 4) is 5.75 Å². The second kappa shape index (κ2) is 8.36. The van der Waals surface area contributed by atoms with Gasteiger partial charge in [-0.15, -0.1) is 0 Å². The van der Waals surface area contributed by atoms with Crippen LogP contribution in [-0.2, 0) is 9.59 Å². The number of rotatable bonds is 5. The number of ether oxygens (including phenoxy) is 1. The average molecular weight is 348 g/mol. The molecule has 8 heteroatoms. The number of hydrogen-bond acceptors (Lipinski definition) is 5. The molecule has 0 aromatic heterocycles. The number of imide groups is 1. The van der Waals surface area contributed by atoms with E-state index >= 15 is 0 Å². The summed E-state index contributed by atoms with van der Waals surface area (Å²) < 4.78 is 5.68. The maximum Gasteiger partial charge on any atom is 0.321 e. The van der Waals surface area contributed by atoms with E-state index in [1.807, 2.05) is 26.0 Å². The standard InChI is InChI=1S/C17H24N4O4/c1-11(2)8-19-17(24)20-15(22)10-21-9-14(16(23)18-3)25-13-7-5-4-6-12(13)21/h4-7,11,14H,8-10H2,1-3H3,(H,18,23)(H2,19,20,22,24)/t14-/m1/s1. The van der Waals surface area contributed by atoms with Crippen LogP contribution in [-0.4, -0.2) is 50.6 Å². The third-order valence-corrected chi connectivity index (χ3v) is 3.66. The number of urea groups is 1. The van der Waals surface area contributed by atoms with Gasteiger partial charge in [0.2, 0.25) is 5.91 Å². The molecule has 2 rings (SSSR count). The maximum atomic E-state index is 12.2. The van der Waals surface area contributed by atoms with Gasteiger partial charge in [0, 0.05) is 13.6 Å². The van der Waals surface area contributed by atoms with E-state index in [4.69, 9.17) is 4.74 Å². The molecule has 8 nitrogen and oxygen atoms in total. The third-order valence-electron chi connectivity index (χ3n) is 3.66. The lowest BCUT2D eigenvalue weighted by atomic mass is 10.1. The lowest BCUT2D eigenvalue weighted by molar-refractivity contribution is -0.127. The van der Waals surface area contributed by atoms with E-state index in [-0.39, 0.29) is 19.0 Å². The smallest absolute Gasteiger partial charge is 0.321 e. The highest BCUT2D eigenvalue weighted by Crippen LogP contribution is 2.32. The first-order valence-corrected chi connectivity index (χ1v) is 8.20. The summed E-state index contributed by atoms with van der Waals surface area (Å²) >= 11 is 0. The van der Waals surface area contributed by atoms with Crippen molar-refractivity contribution in [2.24, 2.45) is 5.92 Å². The van der Waals surface area contributed by atoms with Crippen LogP contribution in [0.5, 0.6) is 5.75 Å². The first-order chi connectivity index (χ1) is 11.9. The molecule has 1 aliphatic heterocycles. The van der Waals surface area contributed by atoms with Crippen LogP contribution in [0, 0.1) is 5.92 Å². The molecular weight excluding hydrogens is 324 g/mol. The zero-order chi connectivity index (χ0) is 18.4. The molecule has 0 bridgehead atoms. The molecule has 25 heavy (non-hydrogen) atoms. The minimum Gasteiger partial charge on any atom is -0.477 e. The van der Waals surface area contributed by atoms with Gasteiger partial charge in [0.25, 0.3) is 5.91 Å². The van der Waals surface area contributed by atoms with Crippen LogP contribution in [0.2, 0.25) is 0 Å². The monoisotopic (exact) mass is 348 g/mol. The molecule has 1 heterocycles. The minimum atomic E-state index is -0.720. The summed E-state index contributed by atoms with van der Waals surface area (Å²) in [4.78, 5) is 37.5. The summed E-state index contributed by atoms with van der Waals surface area (Å²) in [5, 5.41) is 7.47. The van der Waals surface area contributed by atoms with E-state index in [1.165, 1.54) is 7.05 Å². The van der Waals surface area contributed by atoms with Gasteiger partial charge in [-0.1, -0.05) is 26.0 Å². The van der Waals surface area contributed by atoms with Gasteiger partial charge < -0.3 is 20.3 Å². The van der Waals surface area contributed by atoms with Crippen molar-refractivity contribution in [3.63, 3.8) is 0 Å². The highest BCUT2D eigenvalue weighted by atomic mass is 16.5. The summed E-state index contributed by atoms with van der Waals surface area (Å²) in [5.41, 5.74) is 0.709. The van der Waals surface area contributed by atoms with Crippen molar-refractivity contribution in [1.82, 2.24) is 16.0 Å². The quantitative estimate of drug-likeness (QED) is 0.719. The zero-order valence-corrected chi connectivity index (χ0v) is 14.7. The lowest BCUT2D eigenvalue weighted by Gasteiger charge is -2.34. The summed E-state index contributed by atoms with van der Waals surface area (Å²) in [6, 6.07) is 6.64. The van der Waals surface area contributed by atoms with E-state index in [1.54, 1.807) is 17.0 Å². The number of para-hydroxylation sites is 2. The van der Waals surface area contributed by atoms with Crippen LogP contribution in [0.1, 0.15) is 13.8 Å². The molecular formula is C17H24N4O4. The highest BCUT2D eigenvalue weighted by Gasteiger charge is 2.31. The summed E-state index contributed by atoms with van der Waals surface area (Å²) in [6.45, 7) is 4.58. The fourth-order valence-electron chi connectivity index (χ4n) is 2.43. The van der Waals surface area contributed by atoms with Crippen molar-refractivity contribution >= 4 is 23.5 Å². The molecule has 0 unspecified atom stereocenters. The summed E-state index contributed by atoms with van der Waals surface area (Å²) in [5.74, 6) is 0.0999. The molecule has 136 valence electrons. The van der Waals surface area contributed by atoms with Gasteiger partial charge in [-0.2, -0.15) is 0 Å². The molecule has 3 N–H and O–H groups in total. The second-order valence-electron chi connectivity index (χ2n) is 6.22. The number of carbonyl (C=O) groups is 3. The van der Waals surface area contributed by atoms with Gasteiger partial charge in [0.05, 0.1) is 18.8 Å². The Balaban J connectivity index is 2.03. The van der Waals surface area contributed by atoms with Gasteiger partial charge in [-0.3, -0.25) is 14.9 Å². The first kappa shape index (κ1) is 18.6. The topological polar surface area (TPSA) is 99.8 Å². The predicted octanol–water partition coefficient (Wildman–Crippen LogP) is 0.482. The van der Waals surface area contributed by atoms with Gasteiger partial charge in [-0.25, -0.2) is 4.79 Å². The highest BCUT2D eigenvalue weighted by molar-refractivity contribution is 5.97. The Morgan fingerprint density at radius 3 is 2.68 bits per heavy atom.